The Hall–Kier alpha value is -3.62. The number of hydrogen-bond donors (Lipinski definition) is 2. The zero-order chi connectivity index (χ0) is 21.1. The van der Waals surface area contributed by atoms with Crippen LogP contribution >= 0.6 is 0 Å². The maximum Gasteiger partial charge on any atom is 0.355 e. The van der Waals surface area contributed by atoms with Crippen molar-refractivity contribution < 1.29 is 32.6 Å². The van der Waals surface area contributed by atoms with Gasteiger partial charge < -0.3 is 24.5 Å². The molecule has 7 nitrogen and oxygen atoms in total. The number of methoxy groups -OCH3 is 2. The third-order valence-corrected chi connectivity index (χ3v) is 4.18. The van der Waals surface area contributed by atoms with E-state index >= 15 is 0 Å². The number of benzene rings is 2. The molecule has 0 fully saturated rings. The Morgan fingerprint density at radius 2 is 1.83 bits per heavy atom. The maximum absolute atomic E-state index is 13.7. The van der Waals surface area contributed by atoms with Crippen LogP contribution in [0.5, 0.6) is 11.5 Å². The lowest BCUT2D eigenvalue weighted by Crippen LogP contribution is -2.30. The summed E-state index contributed by atoms with van der Waals surface area (Å²) in [6.45, 7) is 1.33. The number of hydrogen-bond acceptors (Lipinski definition) is 5. The van der Waals surface area contributed by atoms with Crippen molar-refractivity contribution >= 4 is 28.5 Å². The van der Waals surface area contributed by atoms with Gasteiger partial charge in [0.25, 0.3) is 5.91 Å². The molecule has 0 saturated heterocycles. The van der Waals surface area contributed by atoms with Gasteiger partial charge in [-0.05, 0) is 31.2 Å². The molecule has 0 aliphatic rings. The highest BCUT2D eigenvalue weighted by molar-refractivity contribution is 6.00. The van der Waals surface area contributed by atoms with Crippen LogP contribution in [0.2, 0.25) is 0 Å². The van der Waals surface area contributed by atoms with E-state index < -0.39 is 29.6 Å². The van der Waals surface area contributed by atoms with E-state index in [1.54, 1.807) is 12.1 Å². The molecule has 2 aromatic carbocycles. The quantitative estimate of drug-likeness (QED) is 0.612. The molecule has 0 aliphatic carbocycles. The molecule has 1 atom stereocenters. The van der Waals surface area contributed by atoms with Gasteiger partial charge in [-0.15, -0.1) is 0 Å². The largest absolute Gasteiger partial charge is 0.497 e. The summed E-state index contributed by atoms with van der Waals surface area (Å²) in [4.78, 5) is 27.5. The van der Waals surface area contributed by atoms with E-state index in [4.69, 9.17) is 14.2 Å². The second-order valence-corrected chi connectivity index (χ2v) is 6.14. The fourth-order valence-corrected chi connectivity index (χ4v) is 2.68. The molecule has 29 heavy (non-hydrogen) atoms. The van der Waals surface area contributed by atoms with Gasteiger partial charge in [0, 0.05) is 17.5 Å². The maximum atomic E-state index is 13.7. The standard InChI is InChI=1S/C20H18F2N2O5/c1-10(19(25)24-15-5-4-12(21)8-14(15)22)29-20(26)16-7-11-6-13(27-2)9-17(28-3)18(11)23-16/h4-10,23H,1-3H3,(H,24,25). The predicted molar refractivity (Wildman–Crippen MR) is 101 cm³/mol. The fraction of sp³-hybridized carbons (Fsp3) is 0.200. The Morgan fingerprint density at radius 1 is 1.07 bits per heavy atom. The molecule has 1 amide bonds. The first-order valence-electron chi connectivity index (χ1n) is 8.54. The van der Waals surface area contributed by atoms with Gasteiger partial charge in [-0.25, -0.2) is 13.6 Å². The summed E-state index contributed by atoms with van der Waals surface area (Å²) < 4.78 is 42.2. The Kier molecular flexibility index (Phi) is 5.67. The topological polar surface area (TPSA) is 89.7 Å². The molecule has 3 aromatic rings. The highest BCUT2D eigenvalue weighted by Gasteiger charge is 2.22. The van der Waals surface area contributed by atoms with Crippen LogP contribution in [0, 0.1) is 11.6 Å². The number of esters is 1. The van der Waals surface area contributed by atoms with Gasteiger partial charge in [0.05, 0.1) is 25.4 Å². The first-order chi connectivity index (χ1) is 13.8. The van der Waals surface area contributed by atoms with Crippen molar-refractivity contribution in [2.75, 3.05) is 19.5 Å². The molecule has 2 N–H and O–H groups in total. The summed E-state index contributed by atoms with van der Waals surface area (Å²) in [5.74, 6) is -2.25. The average Bonchev–Trinajstić information content (AvgIpc) is 3.13. The van der Waals surface area contributed by atoms with Crippen molar-refractivity contribution in [3.8, 4) is 11.5 Å². The van der Waals surface area contributed by atoms with Gasteiger partial charge in [0.15, 0.2) is 6.10 Å². The number of anilines is 1. The van der Waals surface area contributed by atoms with E-state index in [1.165, 1.54) is 27.2 Å². The minimum atomic E-state index is -1.23. The number of aromatic nitrogens is 1. The first kappa shape index (κ1) is 20.1. The van der Waals surface area contributed by atoms with Crippen LogP contribution in [0.1, 0.15) is 17.4 Å². The summed E-state index contributed by atoms with van der Waals surface area (Å²) in [5, 5.41) is 2.90. The number of rotatable bonds is 6. The lowest BCUT2D eigenvalue weighted by atomic mass is 10.2. The molecule has 0 aliphatic heterocycles. The molecule has 0 saturated carbocycles. The van der Waals surface area contributed by atoms with Crippen LogP contribution in [0.25, 0.3) is 10.9 Å². The number of fused-ring (bicyclic) bond motifs is 1. The van der Waals surface area contributed by atoms with E-state index in [0.717, 1.165) is 12.1 Å². The van der Waals surface area contributed by atoms with E-state index in [9.17, 15) is 18.4 Å². The number of carbonyl (C=O) groups is 2. The molecule has 0 radical (unpaired) electrons. The fourth-order valence-electron chi connectivity index (χ4n) is 2.68. The summed E-state index contributed by atoms with van der Waals surface area (Å²) >= 11 is 0. The van der Waals surface area contributed by atoms with Crippen molar-refractivity contribution in [2.45, 2.75) is 13.0 Å². The first-order valence-corrected chi connectivity index (χ1v) is 8.54. The molecule has 1 aromatic heterocycles. The molecule has 0 spiro atoms. The number of ether oxygens (including phenoxy) is 3. The summed E-state index contributed by atoms with van der Waals surface area (Å²) in [6, 6.07) is 7.61. The monoisotopic (exact) mass is 404 g/mol. The average molecular weight is 404 g/mol. The Morgan fingerprint density at radius 3 is 2.48 bits per heavy atom. The van der Waals surface area contributed by atoms with Crippen LogP contribution in [0.15, 0.2) is 36.4 Å². The van der Waals surface area contributed by atoms with Gasteiger partial charge in [-0.2, -0.15) is 0 Å². The van der Waals surface area contributed by atoms with Crippen molar-refractivity contribution in [1.29, 1.82) is 0 Å². The van der Waals surface area contributed by atoms with Crippen LogP contribution in [0.4, 0.5) is 14.5 Å². The highest BCUT2D eigenvalue weighted by atomic mass is 19.1. The van der Waals surface area contributed by atoms with Gasteiger partial charge in [-0.1, -0.05) is 0 Å². The Bertz CT molecular complexity index is 1080. The molecule has 152 valence electrons. The molecule has 3 rings (SSSR count). The van der Waals surface area contributed by atoms with Crippen molar-refractivity contribution in [2.24, 2.45) is 0 Å². The second-order valence-electron chi connectivity index (χ2n) is 6.14. The summed E-state index contributed by atoms with van der Waals surface area (Å²) in [5.41, 5.74) is 0.437. The number of carbonyl (C=O) groups excluding carboxylic acids is 2. The third kappa shape index (κ3) is 4.29. The number of H-pyrrole nitrogens is 1. The van der Waals surface area contributed by atoms with Crippen molar-refractivity contribution in [3.05, 3.63) is 53.7 Å². The molecular weight excluding hydrogens is 386 g/mol. The lowest BCUT2D eigenvalue weighted by molar-refractivity contribution is -0.123. The minimum absolute atomic E-state index is 0.0964. The van der Waals surface area contributed by atoms with Gasteiger partial charge in [0.1, 0.15) is 28.8 Å². The Balaban J connectivity index is 1.74. The lowest BCUT2D eigenvalue weighted by Gasteiger charge is -2.13. The zero-order valence-electron chi connectivity index (χ0n) is 15.8. The van der Waals surface area contributed by atoms with Crippen molar-refractivity contribution in [3.63, 3.8) is 0 Å². The summed E-state index contributed by atoms with van der Waals surface area (Å²) in [6.07, 6.45) is -1.23. The Labute approximate surface area is 164 Å². The van der Waals surface area contributed by atoms with Gasteiger partial charge >= 0.3 is 5.97 Å². The summed E-state index contributed by atoms with van der Waals surface area (Å²) in [7, 11) is 2.99. The second kappa shape index (κ2) is 8.17. The third-order valence-electron chi connectivity index (χ3n) is 4.18. The number of nitrogens with one attached hydrogen (secondary N) is 2. The molecule has 0 bridgehead atoms. The minimum Gasteiger partial charge on any atom is -0.497 e. The number of halogens is 2. The highest BCUT2D eigenvalue weighted by Crippen LogP contribution is 2.31. The molecule has 9 heteroatoms. The smallest absolute Gasteiger partial charge is 0.355 e. The van der Waals surface area contributed by atoms with E-state index in [0.29, 0.717) is 28.5 Å². The van der Waals surface area contributed by atoms with Crippen LogP contribution in [-0.4, -0.2) is 37.2 Å². The van der Waals surface area contributed by atoms with E-state index in [-0.39, 0.29) is 11.4 Å². The van der Waals surface area contributed by atoms with E-state index in [1.807, 2.05) is 0 Å². The number of amides is 1. The molecular formula is C20H18F2N2O5. The molecule has 1 heterocycles. The zero-order valence-corrected chi connectivity index (χ0v) is 15.8. The number of aromatic amines is 1. The van der Waals surface area contributed by atoms with Gasteiger partial charge in [0.2, 0.25) is 0 Å². The normalized spacial score (nSPS) is 11.8. The van der Waals surface area contributed by atoms with E-state index in [2.05, 4.69) is 10.3 Å². The van der Waals surface area contributed by atoms with Crippen LogP contribution in [-0.2, 0) is 9.53 Å². The SMILES string of the molecule is COc1cc(OC)c2[nH]c(C(=O)OC(C)C(=O)Nc3ccc(F)cc3F)cc2c1. The van der Waals surface area contributed by atoms with Crippen molar-refractivity contribution in [1.82, 2.24) is 4.98 Å². The predicted octanol–water partition coefficient (Wildman–Crippen LogP) is 3.65. The van der Waals surface area contributed by atoms with Crippen LogP contribution < -0.4 is 14.8 Å². The van der Waals surface area contributed by atoms with Crippen LogP contribution in [0.3, 0.4) is 0 Å². The molecule has 1 unspecified atom stereocenters. The van der Waals surface area contributed by atoms with Gasteiger partial charge in [-0.3, -0.25) is 4.79 Å².